The third-order valence-electron chi connectivity index (χ3n) is 7.26. The average Bonchev–Trinajstić information content (AvgIpc) is 3.12. The van der Waals surface area contributed by atoms with Crippen LogP contribution in [0.4, 0.5) is 0 Å². The van der Waals surface area contributed by atoms with E-state index in [0.29, 0.717) is 10.9 Å². The van der Waals surface area contributed by atoms with Crippen molar-refractivity contribution in [2.24, 2.45) is 5.11 Å². The minimum atomic E-state index is -2.24. The number of hydrogen-bond donors (Lipinski definition) is 0. The van der Waals surface area contributed by atoms with E-state index in [9.17, 15) is 9.59 Å². The predicted octanol–water partition coefficient (Wildman–Crippen LogP) is 15.4. The van der Waals surface area contributed by atoms with Crippen molar-refractivity contribution in [3.05, 3.63) is 127 Å². The van der Waals surface area contributed by atoms with Crippen LogP contribution in [0.1, 0.15) is 117 Å². The molecule has 0 aliphatic rings. The van der Waals surface area contributed by atoms with Gasteiger partial charge in [0.05, 0.1) is 11.9 Å². The molecule has 3 aromatic carbocycles. The van der Waals surface area contributed by atoms with Crippen molar-refractivity contribution in [3.63, 3.8) is 0 Å². The number of nitrogens with zero attached hydrogens (tertiary/aromatic N) is 3. The van der Waals surface area contributed by atoms with Crippen molar-refractivity contribution in [1.82, 2.24) is 0 Å². The number of ether oxygens (including phenoxy) is 1. The number of carbonyl (C=O) groups excluding carboxylic acids is 2. The zero-order valence-corrected chi connectivity index (χ0v) is 34.7. The fourth-order valence-corrected chi connectivity index (χ4v) is 19.9. The number of unbranched alkanes of at least 4 members (excludes halogenated alkanes) is 3. The molecule has 0 atom stereocenters. The van der Waals surface area contributed by atoms with Crippen LogP contribution in [-0.4, -0.2) is 48.4 Å². The summed E-state index contributed by atoms with van der Waals surface area (Å²) < 4.78 is 12.7. The molecule has 0 bridgehead atoms. The maximum absolute atomic E-state index is 11.1. The van der Waals surface area contributed by atoms with Gasteiger partial charge in [-0.05, 0) is 17.7 Å². The molecule has 0 amide bonds. The van der Waals surface area contributed by atoms with Crippen LogP contribution in [0.15, 0.2) is 111 Å². The molecule has 0 aliphatic carbocycles. The van der Waals surface area contributed by atoms with Crippen molar-refractivity contribution in [3.8, 4) is 0 Å². The topological polar surface area (TPSA) is 92.1 Å². The number of rotatable bonds is 17. The third-order valence-corrected chi connectivity index (χ3v) is 23.3. The van der Waals surface area contributed by atoms with E-state index in [1.807, 2.05) is 66.7 Å². The van der Waals surface area contributed by atoms with Crippen LogP contribution in [0.25, 0.3) is 10.4 Å². The van der Waals surface area contributed by atoms with Gasteiger partial charge < -0.3 is 0 Å². The summed E-state index contributed by atoms with van der Waals surface area (Å²) in [5, 5.41) is 3.58. The van der Waals surface area contributed by atoms with Crippen molar-refractivity contribution in [2.45, 2.75) is 109 Å². The molecule has 6 nitrogen and oxygen atoms in total. The molecular formula is C42H69Br2N3O3Sn. The monoisotopic (exact) mass is 941 g/mol. The van der Waals surface area contributed by atoms with Crippen LogP contribution in [0.5, 0.6) is 0 Å². The molecule has 0 aliphatic heterocycles. The molecule has 3 rings (SSSR count). The molecule has 0 N–H and O–H groups in total. The number of azide groups is 1. The van der Waals surface area contributed by atoms with Gasteiger partial charge in [-0.1, -0.05) is 146 Å². The SMILES string of the molecule is Brc1ccccc1.C.C.C.C.C=[C](OCC)[Sn]([CH2]CCC)([CH2]CCC)[CH2]CCC.O=C(CBr)c1ccccc1.[N-]=[N+]=NCC(=O)c1ccccc1. The van der Waals surface area contributed by atoms with Gasteiger partial charge in [-0.3, -0.25) is 9.59 Å². The molecule has 9 heteroatoms. The fraction of sp³-hybridized carbons (Fsp3) is 0.476. The number of benzene rings is 3. The Morgan fingerprint density at radius 3 is 1.37 bits per heavy atom. The van der Waals surface area contributed by atoms with Crippen LogP contribution in [0.2, 0.25) is 13.3 Å². The van der Waals surface area contributed by atoms with E-state index in [0.717, 1.165) is 16.6 Å². The van der Waals surface area contributed by atoms with Crippen LogP contribution < -0.4 is 0 Å². The first-order chi connectivity index (χ1) is 22.7. The summed E-state index contributed by atoms with van der Waals surface area (Å²) in [6, 6.07) is 27.9. The maximum atomic E-state index is 11.1. The molecule has 3 aromatic rings. The van der Waals surface area contributed by atoms with Crippen molar-refractivity contribution < 1.29 is 14.3 Å². The second-order valence-corrected chi connectivity index (χ2v) is 25.5. The summed E-state index contributed by atoms with van der Waals surface area (Å²) in [7, 11) is 0. The molecule has 0 radical (unpaired) electrons. The van der Waals surface area contributed by atoms with E-state index in [1.165, 1.54) is 55.6 Å². The number of halogens is 2. The van der Waals surface area contributed by atoms with Crippen LogP contribution in [0, 0.1) is 0 Å². The van der Waals surface area contributed by atoms with Crippen LogP contribution in [-0.2, 0) is 4.74 Å². The first-order valence-corrected chi connectivity index (χ1v) is 25.9. The Bertz CT molecular complexity index is 1270. The van der Waals surface area contributed by atoms with Gasteiger partial charge in [-0.15, -0.1) is 0 Å². The van der Waals surface area contributed by atoms with E-state index in [2.05, 4.69) is 76.2 Å². The Labute approximate surface area is 334 Å². The quantitative estimate of drug-likeness (QED) is 0.0257. The number of alkyl halides is 1. The Morgan fingerprint density at radius 2 is 1.08 bits per heavy atom. The van der Waals surface area contributed by atoms with Gasteiger partial charge in [0.2, 0.25) is 0 Å². The average molecular weight is 943 g/mol. The molecule has 51 heavy (non-hydrogen) atoms. The van der Waals surface area contributed by atoms with Gasteiger partial charge in [-0.2, -0.15) is 0 Å². The predicted molar refractivity (Wildman–Crippen MR) is 236 cm³/mol. The molecular weight excluding hydrogens is 873 g/mol. The fourth-order valence-electron chi connectivity index (χ4n) is 4.59. The van der Waals surface area contributed by atoms with Gasteiger partial charge in [0, 0.05) is 20.5 Å². The Balaban J connectivity index is -0.000000188. The number of Topliss-reactive ketones (excluding diaryl/α,β-unsaturated/α-hetero) is 2. The molecule has 0 heterocycles. The minimum absolute atomic E-state index is 0. The minimum Gasteiger partial charge on any atom is -0.294 e. The summed E-state index contributed by atoms with van der Waals surface area (Å²) in [5.41, 5.74) is 9.31. The summed E-state index contributed by atoms with van der Waals surface area (Å²) in [5.74, 6) is -0.0333. The van der Waals surface area contributed by atoms with Gasteiger partial charge in [-0.25, -0.2) is 0 Å². The summed E-state index contributed by atoms with van der Waals surface area (Å²) in [4.78, 5) is 24.6. The molecule has 0 unspecified atom stereocenters. The number of carbonyl (C=O) groups is 2. The first kappa shape index (κ1) is 57.9. The summed E-state index contributed by atoms with van der Waals surface area (Å²) in [6.07, 6.45) is 8.10. The van der Waals surface area contributed by atoms with Crippen molar-refractivity contribution >= 4 is 61.8 Å². The molecule has 0 fully saturated rings. The van der Waals surface area contributed by atoms with E-state index in [4.69, 9.17) is 10.3 Å². The zero-order valence-electron chi connectivity index (χ0n) is 28.7. The molecule has 0 saturated carbocycles. The van der Waals surface area contributed by atoms with E-state index in [-0.39, 0.29) is 47.8 Å². The largest absolute Gasteiger partial charge is 0.294 e. The van der Waals surface area contributed by atoms with Crippen LogP contribution >= 0.6 is 31.9 Å². The Hall–Kier alpha value is -2.39. The first-order valence-electron chi connectivity index (χ1n) is 16.5. The van der Waals surface area contributed by atoms with Gasteiger partial charge >= 0.3 is 120 Å². The number of ketones is 2. The third kappa shape index (κ3) is 27.9. The summed E-state index contributed by atoms with van der Waals surface area (Å²) in [6.45, 7) is 14.1. The summed E-state index contributed by atoms with van der Waals surface area (Å²) >= 11 is 4.17. The zero-order chi connectivity index (χ0) is 35.2. The van der Waals surface area contributed by atoms with Gasteiger partial charge in [0.1, 0.15) is 0 Å². The van der Waals surface area contributed by atoms with Crippen molar-refractivity contribution in [2.75, 3.05) is 18.5 Å². The Kier molecular flexibility index (Phi) is 44.1. The normalized spacial score (nSPS) is 9.14. The maximum Gasteiger partial charge on any atom is 0.173 e. The van der Waals surface area contributed by atoms with Crippen LogP contribution in [0.3, 0.4) is 0 Å². The van der Waals surface area contributed by atoms with Gasteiger partial charge in [0.15, 0.2) is 11.6 Å². The Morgan fingerprint density at radius 1 is 0.706 bits per heavy atom. The molecule has 0 aromatic heterocycles. The number of hydrogen-bond acceptors (Lipinski definition) is 4. The van der Waals surface area contributed by atoms with Crippen molar-refractivity contribution in [1.29, 1.82) is 0 Å². The van der Waals surface area contributed by atoms with E-state index < -0.39 is 18.4 Å². The van der Waals surface area contributed by atoms with Gasteiger partial charge in [0.25, 0.3) is 0 Å². The molecule has 0 saturated heterocycles. The van der Waals surface area contributed by atoms with E-state index >= 15 is 0 Å². The molecule has 0 spiro atoms. The molecule has 288 valence electrons. The second kappa shape index (κ2) is 38.8. The standard InChI is InChI=1S/C8H7BrO.C8H7N3O.C6H5Br.C4H7O.3C4H9.4CH4.Sn/c9-6-8(10)7-4-2-1-3-5-7;9-11-10-6-8(12)7-4-2-1-3-5-7;7-6-4-2-1-3-5-6;1-3-5-4-2;3*1-3-4-2;;;;;/h1-5H,6H2;1-5H,6H2;1-5H;1,4H2,2H3;3*1,3-4H2,2H3;4*1H4;. The second-order valence-electron chi connectivity index (χ2n) is 10.8. The smallest absolute Gasteiger partial charge is 0.173 e. The van der Waals surface area contributed by atoms with E-state index in [1.54, 1.807) is 24.3 Å².